The summed E-state index contributed by atoms with van der Waals surface area (Å²) in [5, 5.41) is 3.11. The van der Waals surface area contributed by atoms with Crippen LogP contribution in [0.5, 0.6) is 0 Å². The topological polar surface area (TPSA) is 79.0 Å². The van der Waals surface area contributed by atoms with E-state index < -0.39 is 11.5 Å². The zero-order chi connectivity index (χ0) is 26.4. The van der Waals surface area contributed by atoms with Gasteiger partial charge in [0.15, 0.2) is 0 Å². The van der Waals surface area contributed by atoms with Crippen molar-refractivity contribution in [2.45, 2.75) is 106 Å². The molecular weight excluding hydrogens is 430 g/mol. The number of nitrogens with zero attached hydrogens (tertiary/aromatic N) is 2. The Morgan fingerprint density at radius 2 is 1.74 bits per heavy atom. The number of likely N-dealkylation sites (tertiary alicyclic amines) is 1. The van der Waals surface area contributed by atoms with Crippen LogP contribution < -0.4 is 5.32 Å². The van der Waals surface area contributed by atoms with Gasteiger partial charge in [-0.15, -0.1) is 0 Å². The number of rotatable bonds is 9. The standard InChI is InChI=1S/C27H49N3O4/c1-12-34-26(33)20(7)15-22(17(2)3)29(11)25(32)23(27(8,9)10)28-24(31)21-14-13-19(6)16-30(21)18(4)5/h15,17-19,21-23H,12-14,16H2,1-11H3,(H,28,31)/b20-15+/t19?,21?,22-,23?/m1/s1. The fraction of sp³-hybridized carbons (Fsp3) is 0.815. The van der Waals surface area contributed by atoms with E-state index in [1.165, 1.54) is 0 Å². The molecule has 34 heavy (non-hydrogen) atoms. The second-order valence-corrected chi connectivity index (χ2v) is 11.6. The SMILES string of the molecule is CCOC(=O)/C(C)=C/[C@H](C(C)C)N(C)C(=O)C(NC(=O)C1CCC(C)CN1C(C)C)C(C)(C)C. The van der Waals surface area contributed by atoms with Gasteiger partial charge >= 0.3 is 5.97 Å². The average molecular weight is 480 g/mol. The summed E-state index contributed by atoms with van der Waals surface area (Å²) in [6, 6.07) is -0.963. The first-order valence-corrected chi connectivity index (χ1v) is 12.8. The summed E-state index contributed by atoms with van der Waals surface area (Å²) in [4.78, 5) is 43.3. The van der Waals surface area contributed by atoms with Gasteiger partial charge in [0.05, 0.1) is 18.7 Å². The first-order chi connectivity index (χ1) is 15.6. The molecule has 1 rings (SSSR count). The number of nitrogens with one attached hydrogen (secondary N) is 1. The zero-order valence-corrected chi connectivity index (χ0v) is 23.4. The fourth-order valence-corrected chi connectivity index (χ4v) is 4.60. The van der Waals surface area contributed by atoms with Gasteiger partial charge in [-0.2, -0.15) is 0 Å². The average Bonchev–Trinajstić information content (AvgIpc) is 2.73. The van der Waals surface area contributed by atoms with Crippen molar-refractivity contribution in [1.29, 1.82) is 0 Å². The normalized spacial score (nSPS) is 21.9. The maximum Gasteiger partial charge on any atom is 0.333 e. The summed E-state index contributed by atoms with van der Waals surface area (Å²) >= 11 is 0. The van der Waals surface area contributed by atoms with E-state index in [2.05, 4.69) is 31.0 Å². The van der Waals surface area contributed by atoms with Gasteiger partial charge in [0.25, 0.3) is 0 Å². The third kappa shape index (κ3) is 8.10. The summed E-state index contributed by atoms with van der Waals surface area (Å²) in [6.45, 7) is 21.0. The Labute approximate surface area is 207 Å². The molecule has 1 heterocycles. The Balaban J connectivity index is 3.17. The van der Waals surface area contributed by atoms with Crippen molar-refractivity contribution in [2.24, 2.45) is 17.3 Å². The predicted molar refractivity (Wildman–Crippen MR) is 137 cm³/mol. The van der Waals surface area contributed by atoms with Crippen molar-refractivity contribution in [3.05, 3.63) is 11.6 Å². The second kappa shape index (κ2) is 12.7. The largest absolute Gasteiger partial charge is 0.463 e. The number of esters is 1. The van der Waals surface area contributed by atoms with Crippen LogP contribution in [0.1, 0.15) is 82.1 Å². The van der Waals surface area contributed by atoms with E-state index in [1.807, 2.05) is 34.6 Å². The molecule has 0 saturated carbocycles. The number of ether oxygens (including phenoxy) is 1. The highest BCUT2D eigenvalue weighted by atomic mass is 16.5. The number of carbonyl (C=O) groups is 3. The predicted octanol–water partition coefficient (Wildman–Crippen LogP) is 4.02. The lowest BCUT2D eigenvalue weighted by molar-refractivity contribution is -0.142. The molecular formula is C27H49N3O4. The summed E-state index contributed by atoms with van der Waals surface area (Å²) in [7, 11) is 1.75. The summed E-state index contributed by atoms with van der Waals surface area (Å²) in [5.41, 5.74) is -0.00648. The lowest BCUT2D eigenvalue weighted by atomic mass is 9.84. The molecule has 4 atom stereocenters. The number of likely N-dealkylation sites (N-methyl/N-ethyl adjacent to an activating group) is 1. The highest BCUT2D eigenvalue weighted by Gasteiger charge is 2.40. The first-order valence-electron chi connectivity index (χ1n) is 12.8. The van der Waals surface area contributed by atoms with Crippen LogP contribution in [-0.2, 0) is 19.1 Å². The van der Waals surface area contributed by atoms with Crippen molar-refractivity contribution >= 4 is 17.8 Å². The molecule has 3 unspecified atom stereocenters. The van der Waals surface area contributed by atoms with Crippen LogP contribution in [0.2, 0.25) is 0 Å². The zero-order valence-electron chi connectivity index (χ0n) is 23.4. The third-order valence-electron chi connectivity index (χ3n) is 6.72. The first kappa shape index (κ1) is 30.1. The Bertz CT molecular complexity index is 739. The molecule has 2 amide bonds. The number of carbonyl (C=O) groups excluding carboxylic acids is 3. The quantitative estimate of drug-likeness (QED) is 0.399. The molecule has 0 radical (unpaired) electrons. The molecule has 1 aliphatic rings. The Morgan fingerprint density at radius 1 is 1.15 bits per heavy atom. The highest BCUT2D eigenvalue weighted by molar-refractivity contribution is 5.91. The molecule has 0 aromatic heterocycles. The molecule has 1 fully saturated rings. The Morgan fingerprint density at radius 3 is 2.21 bits per heavy atom. The number of piperidine rings is 1. The molecule has 196 valence electrons. The van der Waals surface area contributed by atoms with Gasteiger partial charge in [0.1, 0.15) is 6.04 Å². The van der Waals surface area contributed by atoms with E-state index in [1.54, 1.807) is 31.9 Å². The van der Waals surface area contributed by atoms with Crippen LogP contribution in [0.15, 0.2) is 11.6 Å². The number of amides is 2. The van der Waals surface area contributed by atoms with Crippen LogP contribution >= 0.6 is 0 Å². The van der Waals surface area contributed by atoms with E-state index in [-0.39, 0.29) is 41.8 Å². The van der Waals surface area contributed by atoms with Crippen LogP contribution in [0.25, 0.3) is 0 Å². The third-order valence-corrected chi connectivity index (χ3v) is 6.72. The minimum Gasteiger partial charge on any atom is -0.463 e. The minimum absolute atomic E-state index is 0.0749. The summed E-state index contributed by atoms with van der Waals surface area (Å²) in [5.74, 6) is 0.00842. The highest BCUT2D eigenvalue weighted by Crippen LogP contribution is 2.27. The lowest BCUT2D eigenvalue weighted by Crippen LogP contribution is -2.61. The van der Waals surface area contributed by atoms with E-state index in [0.717, 1.165) is 19.4 Å². The van der Waals surface area contributed by atoms with Crippen molar-refractivity contribution in [1.82, 2.24) is 15.1 Å². The maximum atomic E-state index is 13.8. The summed E-state index contributed by atoms with van der Waals surface area (Å²) in [6.07, 6.45) is 3.59. The lowest BCUT2D eigenvalue weighted by Gasteiger charge is -2.42. The van der Waals surface area contributed by atoms with Gasteiger partial charge in [0, 0.05) is 25.2 Å². The van der Waals surface area contributed by atoms with E-state index >= 15 is 0 Å². The fourth-order valence-electron chi connectivity index (χ4n) is 4.60. The van der Waals surface area contributed by atoms with Gasteiger partial charge in [-0.25, -0.2) is 4.79 Å². The Kier molecular flexibility index (Phi) is 11.3. The number of hydrogen-bond donors (Lipinski definition) is 1. The van der Waals surface area contributed by atoms with Crippen LogP contribution in [0, 0.1) is 17.3 Å². The van der Waals surface area contributed by atoms with E-state index in [0.29, 0.717) is 18.1 Å². The van der Waals surface area contributed by atoms with Gasteiger partial charge in [-0.3, -0.25) is 14.5 Å². The van der Waals surface area contributed by atoms with Crippen molar-refractivity contribution in [2.75, 3.05) is 20.2 Å². The second-order valence-electron chi connectivity index (χ2n) is 11.6. The molecule has 1 saturated heterocycles. The minimum atomic E-state index is -0.684. The van der Waals surface area contributed by atoms with Crippen LogP contribution in [0.4, 0.5) is 0 Å². The maximum absolute atomic E-state index is 13.8. The van der Waals surface area contributed by atoms with E-state index in [9.17, 15) is 14.4 Å². The van der Waals surface area contributed by atoms with Crippen LogP contribution in [0.3, 0.4) is 0 Å². The van der Waals surface area contributed by atoms with Gasteiger partial charge < -0.3 is 15.0 Å². The van der Waals surface area contributed by atoms with Gasteiger partial charge in [-0.05, 0) is 57.8 Å². The molecule has 1 aliphatic heterocycles. The van der Waals surface area contributed by atoms with E-state index in [4.69, 9.17) is 4.74 Å². The monoisotopic (exact) mass is 479 g/mol. The van der Waals surface area contributed by atoms with Gasteiger partial charge in [0.2, 0.25) is 11.8 Å². The van der Waals surface area contributed by atoms with Gasteiger partial charge in [-0.1, -0.05) is 47.6 Å². The van der Waals surface area contributed by atoms with Crippen molar-refractivity contribution in [3.63, 3.8) is 0 Å². The molecule has 0 aliphatic carbocycles. The molecule has 7 nitrogen and oxygen atoms in total. The smallest absolute Gasteiger partial charge is 0.333 e. The molecule has 0 spiro atoms. The van der Waals surface area contributed by atoms with Crippen molar-refractivity contribution < 1.29 is 19.1 Å². The molecule has 1 N–H and O–H groups in total. The molecule has 0 aromatic rings. The molecule has 0 aromatic carbocycles. The molecule has 0 bridgehead atoms. The Hall–Kier alpha value is -1.89. The number of hydrogen-bond acceptors (Lipinski definition) is 5. The van der Waals surface area contributed by atoms with Crippen molar-refractivity contribution in [3.8, 4) is 0 Å². The molecule has 7 heteroatoms. The van der Waals surface area contributed by atoms with Crippen LogP contribution in [-0.4, -0.2) is 72.0 Å². The summed E-state index contributed by atoms with van der Waals surface area (Å²) < 4.78 is 5.11.